The number of allylic oxidation sites excluding steroid dienone is 1. The second-order valence-electron chi connectivity index (χ2n) is 7.80. The number of halogens is 1. The number of carbonyl (C=O) groups is 2. The lowest BCUT2D eigenvalue weighted by molar-refractivity contribution is -0.125. The Labute approximate surface area is 200 Å². The fourth-order valence-electron chi connectivity index (χ4n) is 4.01. The van der Waals surface area contributed by atoms with Crippen LogP contribution in [0.15, 0.2) is 43.0 Å². The minimum Gasteiger partial charge on any atom is -0.359 e. The van der Waals surface area contributed by atoms with E-state index in [2.05, 4.69) is 33.2 Å². The Balaban J connectivity index is 1.28. The highest BCUT2D eigenvalue weighted by molar-refractivity contribution is 14.2. The average Bonchev–Trinajstić information content (AvgIpc) is 3.57. The van der Waals surface area contributed by atoms with Crippen molar-refractivity contribution in [2.24, 2.45) is 5.92 Å². The van der Waals surface area contributed by atoms with Crippen molar-refractivity contribution < 1.29 is 9.59 Å². The molecule has 170 valence electrons. The summed E-state index contributed by atoms with van der Waals surface area (Å²) in [4.78, 5) is 35.4. The van der Waals surface area contributed by atoms with E-state index < -0.39 is 0 Å². The van der Waals surface area contributed by atoms with Crippen molar-refractivity contribution in [2.75, 3.05) is 25.5 Å². The predicted octanol–water partition coefficient (Wildman–Crippen LogP) is 2.10. The van der Waals surface area contributed by atoms with E-state index in [0.717, 1.165) is 17.0 Å². The molecule has 2 aromatic heterocycles. The van der Waals surface area contributed by atoms with Crippen LogP contribution < -0.4 is 14.2 Å². The molecular formula is C22H23IN8O2. The second-order valence-corrected chi connectivity index (χ2v) is 9.67. The van der Waals surface area contributed by atoms with Crippen molar-refractivity contribution in [3.8, 4) is 0 Å². The fourth-order valence-corrected chi connectivity index (χ4v) is 5.54. The van der Waals surface area contributed by atoms with Crippen LogP contribution in [0.3, 0.4) is 0 Å². The highest BCUT2D eigenvalue weighted by Crippen LogP contribution is 2.24. The summed E-state index contributed by atoms with van der Waals surface area (Å²) in [6.45, 7) is 1.17. The van der Waals surface area contributed by atoms with E-state index >= 15 is 0 Å². The minimum atomic E-state index is -0.156. The summed E-state index contributed by atoms with van der Waals surface area (Å²) < 4.78 is 7.22. The maximum Gasteiger partial charge on any atom is 0.253 e. The monoisotopic (exact) mass is 558 g/mol. The average molecular weight is 558 g/mol. The Bertz CT molecular complexity index is 1260. The fraction of sp³-hybridized carbons (Fsp3) is 0.273. The van der Waals surface area contributed by atoms with Gasteiger partial charge in [-0.3, -0.25) is 9.59 Å². The molecule has 0 aliphatic carbocycles. The number of anilines is 2. The minimum absolute atomic E-state index is 0.0146. The number of nitrogens with zero attached hydrogens (tertiary/aromatic N) is 5. The van der Waals surface area contributed by atoms with Gasteiger partial charge in [-0.2, -0.15) is 5.10 Å². The van der Waals surface area contributed by atoms with Gasteiger partial charge in [0.1, 0.15) is 6.33 Å². The molecule has 2 aliphatic heterocycles. The highest BCUT2D eigenvalue weighted by atomic mass is 127. The summed E-state index contributed by atoms with van der Waals surface area (Å²) in [5.74, 6) is 0.612. The van der Waals surface area contributed by atoms with Crippen LogP contribution in [0.25, 0.3) is 11.2 Å². The topological polar surface area (TPSA) is 117 Å². The molecule has 10 nitrogen and oxygen atoms in total. The Kier molecular flexibility index (Phi) is 6.03. The van der Waals surface area contributed by atoms with Crippen LogP contribution in [0.5, 0.6) is 0 Å². The summed E-state index contributed by atoms with van der Waals surface area (Å²) in [6.07, 6.45) is 6.65. The van der Waals surface area contributed by atoms with Crippen molar-refractivity contribution in [3.63, 3.8) is 0 Å². The second kappa shape index (κ2) is 9.25. The molecule has 4 heterocycles. The van der Waals surface area contributed by atoms with Gasteiger partial charge in [0.2, 0.25) is 5.91 Å². The van der Waals surface area contributed by atoms with E-state index in [1.165, 1.54) is 6.33 Å². The Morgan fingerprint density at radius 3 is 2.64 bits per heavy atom. The smallest absolute Gasteiger partial charge is 0.253 e. The summed E-state index contributed by atoms with van der Waals surface area (Å²) >= 11 is -0.156. The molecule has 3 aromatic rings. The van der Waals surface area contributed by atoms with Crippen LogP contribution in [0, 0.1) is 5.92 Å². The summed E-state index contributed by atoms with van der Waals surface area (Å²) in [5, 5.41) is 10.3. The van der Waals surface area contributed by atoms with E-state index in [1.807, 2.05) is 23.2 Å². The van der Waals surface area contributed by atoms with Gasteiger partial charge in [-0.1, -0.05) is 0 Å². The molecule has 1 fully saturated rings. The first kappa shape index (κ1) is 21.5. The van der Waals surface area contributed by atoms with Crippen molar-refractivity contribution in [2.45, 2.75) is 12.8 Å². The van der Waals surface area contributed by atoms with Crippen molar-refractivity contribution >= 4 is 59.6 Å². The van der Waals surface area contributed by atoms with Gasteiger partial charge < -0.3 is 19.1 Å². The number of hydrogen-bond donors (Lipinski definition) is 3. The molecule has 11 heteroatoms. The summed E-state index contributed by atoms with van der Waals surface area (Å²) in [7, 11) is 1.65. The van der Waals surface area contributed by atoms with E-state index in [-0.39, 0.29) is 38.7 Å². The SMILES string of the molecule is CNC(=O)C1CCN(C(=O)c2ccc(Nc3ncc(C4=CNI=C4)n4ncnc34)cc2)CC1. The van der Waals surface area contributed by atoms with E-state index in [9.17, 15) is 9.59 Å². The molecule has 0 atom stereocenters. The molecule has 0 radical (unpaired) electrons. The highest BCUT2D eigenvalue weighted by Gasteiger charge is 2.27. The van der Waals surface area contributed by atoms with Crippen molar-refractivity contribution in [3.05, 3.63) is 54.2 Å². The molecule has 0 saturated carbocycles. The third-order valence-corrected chi connectivity index (χ3v) is 7.49. The normalized spacial score (nSPS) is 16.2. The van der Waals surface area contributed by atoms with Crippen LogP contribution >= 0.6 is 21.0 Å². The van der Waals surface area contributed by atoms with E-state index in [1.54, 1.807) is 29.9 Å². The van der Waals surface area contributed by atoms with E-state index in [0.29, 0.717) is 43.0 Å². The Morgan fingerprint density at radius 1 is 1.15 bits per heavy atom. The number of hydrogen-bond acceptors (Lipinski definition) is 7. The number of aromatic nitrogens is 4. The van der Waals surface area contributed by atoms with Gasteiger partial charge in [0, 0.05) is 49.1 Å². The first-order valence-corrected chi connectivity index (χ1v) is 12.9. The first-order valence-electron chi connectivity index (χ1n) is 10.6. The molecule has 0 spiro atoms. The number of nitrogens with one attached hydrogen (secondary N) is 3. The standard InChI is InChI=1S/C22H23IN8O2/c1-24-21(32)14-6-8-30(9-7-14)22(33)15-2-4-17(5-3-15)29-19-20-26-13-28-31(20)18(12-25-19)16-10-23-27-11-16/h2-5,10-14,27H,6-9H2,1H3,(H,24,32)(H,25,29). The number of fused-ring (bicyclic) bond motifs is 1. The Hall–Kier alpha value is -3.35. The number of piperidine rings is 1. The molecule has 2 amide bonds. The summed E-state index contributed by atoms with van der Waals surface area (Å²) in [5.41, 5.74) is 4.01. The van der Waals surface area contributed by atoms with Gasteiger partial charge in [-0.05, 0) is 62.1 Å². The van der Waals surface area contributed by atoms with Gasteiger partial charge in [-0.25, -0.2) is 14.5 Å². The molecule has 1 saturated heterocycles. The van der Waals surface area contributed by atoms with Gasteiger partial charge in [0.15, 0.2) is 11.5 Å². The third-order valence-electron chi connectivity index (χ3n) is 5.84. The molecular weight excluding hydrogens is 535 g/mol. The quantitative estimate of drug-likeness (QED) is 0.325. The van der Waals surface area contributed by atoms with Crippen molar-refractivity contribution in [1.82, 2.24) is 33.3 Å². The molecule has 0 unspecified atom stereocenters. The summed E-state index contributed by atoms with van der Waals surface area (Å²) in [6, 6.07) is 7.32. The van der Waals surface area contributed by atoms with Crippen LogP contribution in [0.1, 0.15) is 28.9 Å². The molecule has 1 aromatic carbocycles. The number of amides is 2. The van der Waals surface area contributed by atoms with Gasteiger partial charge in [0.25, 0.3) is 5.91 Å². The lowest BCUT2D eigenvalue weighted by atomic mass is 9.95. The number of likely N-dealkylation sites (tertiary alicyclic amines) is 1. The molecule has 5 rings (SSSR count). The lowest BCUT2D eigenvalue weighted by Gasteiger charge is -2.31. The van der Waals surface area contributed by atoms with Crippen LogP contribution in [-0.4, -0.2) is 60.4 Å². The van der Waals surface area contributed by atoms with Crippen LogP contribution in [0.4, 0.5) is 11.5 Å². The van der Waals surface area contributed by atoms with Gasteiger partial charge in [-0.15, -0.1) is 0 Å². The zero-order chi connectivity index (χ0) is 22.8. The Morgan fingerprint density at radius 2 is 1.94 bits per heavy atom. The third kappa shape index (κ3) is 4.32. The van der Waals surface area contributed by atoms with Gasteiger partial charge >= 0.3 is 0 Å². The van der Waals surface area contributed by atoms with Crippen molar-refractivity contribution in [1.29, 1.82) is 0 Å². The zero-order valence-corrected chi connectivity index (χ0v) is 20.1. The first-order chi connectivity index (χ1) is 16.1. The molecule has 33 heavy (non-hydrogen) atoms. The molecule has 3 N–H and O–H groups in total. The maximum atomic E-state index is 12.9. The predicted molar refractivity (Wildman–Crippen MR) is 134 cm³/mol. The largest absolute Gasteiger partial charge is 0.359 e. The number of rotatable bonds is 5. The van der Waals surface area contributed by atoms with Gasteiger partial charge in [0.05, 0.1) is 11.9 Å². The molecule has 2 aliphatic rings. The molecule has 0 bridgehead atoms. The lowest BCUT2D eigenvalue weighted by Crippen LogP contribution is -2.42. The maximum absolute atomic E-state index is 12.9. The van der Waals surface area contributed by atoms with E-state index in [4.69, 9.17) is 0 Å². The zero-order valence-electron chi connectivity index (χ0n) is 18.0. The number of carbonyl (C=O) groups excluding carboxylic acids is 2. The number of benzene rings is 1. The van der Waals surface area contributed by atoms with Crippen LogP contribution in [-0.2, 0) is 4.79 Å². The van der Waals surface area contributed by atoms with Crippen LogP contribution in [0.2, 0.25) is 0 Å².